The maximum atomic E-state index is 6.33. The number of nitrogens with two attached hydrogens (primary N) is 1. The van der Waals surface area contributed by atoms with Crippen LogP contribution in [0.1, 0.15) is 30.6 Å². The van der Waals surface area contributed by atoms with Gasteiger partial charge < -0.3 is 10.5 Å². The molecule has 0 amide bonds. The normalized spacial score (nSPS) is 19.0. The summed E-state index contributed by atoms with van der Waals surface area (Å²) in [5, 5.41) is 1.30. The highest BCUT2D eigenvalue weighted by Crippen LogP contribution is 2.54. The predicted octanol–water partition coefficient (Wildman–Crippen LogP) is 4.21. The van der Waals surface area contributed by atoms with Gasteiger partial charge in [0.05, 0.1) is 10.6 Å². The van der Waals surface area contributed by atoms with E-state index in [-0.39, 0.29) is 5.60 Å². The zero-order chi connectivity index (χ0) is 13.0. The molecule has 2 aromatic rings. The molecule has 1 aromatic carbocycles. The van der Waals surface area contributed by atoms with E-state index in [0.717, 1.165) is 29.8 Å². The third-order valence-corrected chi connectivity index (χ3v) is 5.28. The number of halogens is 1. The summed E-state index contributed by atoms with van der Waals surface area (Å²) in [5.74, 6) is 0.879. The molecule has 19 heavy (non-hydrogen) atoms. The molecule has 0 atom stereocenters. The summed E-state index contributed by atoms with van der Waals surface area (Å²) in [6, 6.07) is 5.72. The fraction of sp³-hybridized carbons (Fsp3) is 0.357. The van der Waals surface area contributed by atoms with Crippen molar-refractivity contribution in [1.29, 1.82) is 0 Å². The van der Waals surface area contributed by atoms with Crippen molar-refractivity contribution < 1.29 is 4.74 Å². The number of aromatic nitrogens is 1. The number of hydrogen-bond acceptors (Lipinski definition) is 4. The highest BCUT2D eigenvalue weighted by molar-refractivity contribution is 7.16. The van der Waals surface area contributed by atoms with Crippen LogP contribution in [0.15, 0.2) is 18.2 Å². The molecule has 1 saturated carbocycles. The molecule has 1 aliphatic heterocycles. The molecule has 1 fully saturated rings. The first kappa shape index (κ1) is 11.6. The van der Waals surface area contributed by atoms with E-state index in [9.17, 15) is 0 Å². The Morgan fingerprint density at radius 1 is 1.32 bits per heavy atom. The van der Waals surface area contributed by atoms with Crippen LogP contribution in [0.3, 0.4) is 0 Å². The molecule has 1 aliphatic carbocycles. The molecule has 0 saturated heterocycles. The summed E-state index contributed by atoms with van der Waals surface area (Å²) in [6.45, 7) is 0. The van der Waals surface area contributed by atoms with Crippen molar-refractivity contribution in [2.24, 2.45) is 0 Å². The Hall–Kier alpha value is -1.26. The largest absolute Gasteiger partial charge is 0.481 e. The van der Waals surface area contributed by atoms with Crippen LogP contribution in [0.2, 0.25) is 5.02 Å². The van der Waals surface area contributed by atoms with E-state index in [1.54, 1.807) is 11.3 Å². The monoisotopic (exact) mass is 292 g/mol. The number of rotatable bonds is 0. The van der Waals surface area contributed by atoms with Gasteiger partial charge in [0.2, 0.25) is 0 Å². The summed E-state index contributed by atoms with van der Waals surface area (Å²) in [7, 11) is 0. The minimum Gasteiger partial charge on any atom is -0.481 e. The Morgan fingerprint density at radius 3 is 2.89 bits per heavy atom. The highest BCUT2D eigenvalue weighted by Gasteiger charge is 2.45. The van der Waals surface area contributed by atoms with Gasteiger partial charge in [-0.2, -0.15) is 0 Å². The molecular formula is C14H13ClN2OS. The highest BCUT2D eigenvalue weighted by atomic mass is 35.5. The lowest BCUT2D eigenvalue weighted by atomic mass is 9.92. The van der Waals surface area contributed by atoms with Gasteiger partial charge in [0.25, 0.3) is 0 Å². The smallest absolute Gasteiger partial charge is 0.180 e. The van der Waals surface area contributed by atoms with E-state index in [2.05, 4.69) is 4.98 Å². The Balaban J connectivity index is 1.99. The van der Waals surface area contributed by atoms with E-state index in [1.165, 1.54) is 17.7 Å². The topological polar surface area (TPSA) is 48.1 Å². The Bertz CT molecular complexity index is 661. The molecule has 0 unspecified atom stereocenters. The summed E-state index contributed by atoms with van der Waals surface area (Å²) in [4.78, 5) is 5.69. The van der Waals surface area contributed by atoms with E-state index in [0.29, 0.717) is 10.2 Å². The maximum absolute atomic E-state index is 6.33. The Labute approximate surface area is 120 Å². The molecule has 98 valence electrons. The summed E-state index contributed by atoms with van der Waals surface area (Å²) in [6.07, 6.45) is 4.48. The van der Waals surface area contributed by atoms with Crippen molar-refractivity contribution in [3.05, 3.63) is 28.1 Å². The molecular weight excluding hydrogens is 280 g/mol. The van der Waals surface area contributed by atoms with Crippen molar-refractivity contribution in [3.8, 4) is 17.0 Å². The minimum absolute atomic E-state index is 0.203. The van der Waals surface area contributed by atoms with Gasteiger partial charge in [0.1, 0.15) is 11.4 Å². The van der Waals surface area contributed by atoms with Gasteiger partial charge in [-0.25, -0.2) is 4.98 Å². The number of hydrogen-bond donors (Lipinski definition) is 1. The van der Waals surface area contributed by atoms with Crippen molar-refractivity contribution in [1.82, 2.24) is 4.98 Å². The number of fused-ring (bicyclic) bond motifs is 4. The predicted molar refractivity (Wildman–Crippen MR) is 77.7 cm³/mol. The van der Waals surface area contributed by atoms with Gasteiger partial charge in [-0.1, -0.05) is 22.9 Å². The number of benzene rings is 1. The van der Waals surface area contributed by atoms with Crippen LogP contribution in [0.4, 0.5) is 5.13 Å². The second-order valence-electron chi connectivity index (χ2n) is 5.17. The molecule has 2 heterocycles. The standard InChI is InChI=1S/C14H13ClN2OS/c15-8-3-4-10-9(7-8)11-12(19-13(16)17-11)14(18-10)5-1-2-6-14/h3-4,7H,1-2,5-6H2,(H2,16,17). The number of nitrogen functional groups attached to an aromatic ring is 1. The lowest BCUT2D eigenvalue weighted by Crippen LogP contribution is -2.31. The minimum atomic E-state index is -0.203. The van der Waals surface area contributed by atoms with E-state index < -0.39 is 0 Å². The zero-order valence-corrected chi connectivity index (χ0v) is 11.9. The maximum Gasteiger partial charge on any atom is 0.180 e. The zero-order valence-electron chi connectivity index (χ0n) is 10.3. The van der Waals surface area contributed by atoms with Crippen LogP contribution in [-0.2, 0) is 5.60 Å². The molecule has 3 nitrogen and oxygen atoms in total. The molecule has 1 aromatic heterocycles. The first-order valence-electron chi connectivity index (χ1n) is 6.44. The number of nitrogens with zero attached hydrogens (tertiary/aromatic N) is 1. The van der Waals surface area contributed by atoms with Crippen molar-refractivity contribution in [2.75, 3.05) is 5.73 Å². The average molecular weight is 293 g/mol. The van der Waals surface area contributed by atoms with E-state index >= 15 is 0 Å². The fourth-order valence-electron chi connectivity index (χ4n) is 3.14. The lowest BCUT2D eigenvalue weighted by molar-refractivity contribution is 0.0748. The lowest BCUT2D eigenvalue weighted by Gasteiger charge is -2.34. The van der Waals surface area contributed by atoms with Gasteiger partial charge in [0, 0.05) is 10.6 Å². The molecule has 2 aliphatic rings. The fourth-order valence-corrected chi connectivity index (χ4v) is 4.34. The second kappa shape index (κ2) is 3.87. The molecule has 4 rings (SSSR count). The Kier molecular flexibility index (Phi) is 2.35. The van der Waals surface area contributed by atoms with Gasteiger partial charge in [-0.3, -0.25) is 0 Å². The van der Waals surface area contributed by atoms with Crippen molar-refractivity contribution in [2.45, 2.75) is 31.3 Å². The summed E-state index contributed by atoms with van der Waals surface area (Å²) in [5.41, 5.74) is 7.65. The summed E-state index contributed by atoms with van der Waals surface area (Å²) >= 11 is 7.64. The van der Waals surface area contributed by atoms with Crippen LogP contribution in [0.25, 0.3) is 11.3 Å². The molecule has 2 N–H and O–H groups in total. The van der Waals surface area contributed by atoms with Crippen LogP contribution >= 0.6 is 22.9 Å². The number of anilines is 1. The molecule has 5 heteroatoms. The molecule has 0 radical (unpaired) electrons. The van der Waals surface area contributed by atoms with Crippen LogP contribution < -0.4 is 10.5 Å². The quantitative estimate of drug-likeness (QED) is 0.791. The number of thiazole rings is 1. The third kappa shape index (κ3) is 1.60. The van der Waals surface area contributed by atoms with Crippen molar-refractivity contribution >= 4 is 28.1 Å². The van der Waals surface area contributed by atoms with Crippen LogP contribution in [0, 0.1) is 0 Å². The first-order valence-corrected chi connectivity index (χ1v) is 7.63. The van der Waals surface area contributed by atoms with Gasteiger partial charge in [-0.05, 0) is 43.9 Å². The Morgan fingerprint density at radius 2 is 2.11 bits per heavy atom. The second-order valence-corrected chi connectivity index (χ2v) is 6.64. The van der Waals surface area contributed by atoms with E-state index in [4.69, 9.17) is 22.1 Å². The van der Waals surface area contributed by atoms with Crippen LogP contribution in [0.5, 0.6) is 5.75 Å². The third-order valence-electron chi connectivity index (χ3n) is 3.97. The van der Waals surface area contributed by atoms with Crippen molar-refractivity contribution in [3.63, 3.8) is 0 Å². The van der Waals surface area contributed by atoms with Gasteiger partial charge >= 0.3 is 0 Å². The van der Waals surface area contributed by atoms with E-state index in [1.807, 2.05) is 18.2 Å². The number of ether oxygens (including phenoxy) is 1. The SMILES string of the molecule is Nc1nc2c(s1)C1(CCCC1)Oc1ccc(Cl)cc1-2. The first-order chi connectivity index (χ1) is 9.18. The average Bonchev–Trinajstić information content (AvgIpc) is 2.98. The molecule has 0 bridgehead atoms. The molecule has 1 spiro atoms. The van der Waals surface area contributed by atoms with Gasteiger partial charge in [0.15, 0.2) is 5.13 Å². The van der Waals surface area contributed by atoms with Gasteiger partial charge in [-0.15, -0.1) is 0 Å². The van der Waals surface area contributed by atoms with Crippen LogP contribution in [-0.4, -0.2) is 4.98 Å². The summed E-state index contributed by atoms with van der Waals surface area (Å²) < 4.78 is 6.33.